The second-order valence-electron chi connectivity index (χ2n) is 5.18. The number of aromatic amines is 1. The molecule has 0 radical (unpaired) electrons. The molecule has 3 rings (SSSR count). The van der Waals surface area contributed by atoms with Gasteiger partial charge in [-0.1, -0.05) is 30.3 Å². The van der Waals surface area contributed by atoms with Gasteiger partial charge in [0.05, 0.1) is 5.56 Å². The maximum atomic E-state index is 9.46. The van der Waals surface area contributed by atoms with E-state index in [-0.39, 0.29) is 0 Å². The third-order valence-corrected chi connectivity index (χ3v) is 3.69. The smallest absolute Gasteiger partial charge is 0.289 e. The lowest BCUT2D eigenvalue weighted by molar-refractivity contribution is -0.347. The Balaban J connectivity index is 2.33. The van der Waals surface area contributed by atoms with E-state index in [0.29, 0.717) is 17.1 Å². The summed E-state index contributed by atoms with van der Waals surface area (Å²) in [5, 5.41) is 9.46. The second-order valence-corrected chi connectivity index (χ2v) is 5.18. The summed E-state index contributed by atoms with van der Waals surface area (Å²) >= 11 is 0. The predicted octanol–water partition coefficient (Wildman–Crippen LogP) is 3.50. The second kappa shape index (κ2) is 5.38. The van der Waals surface area contributed by atoms with Gasteiger partial charge in [-0.3, -0.25) is 5.73 Å². The summed E-state index contributed by atoms with van der Waals surface area (Å²) in [5.74, 6) is 1.80. The van der Waals surface area contributed by atoms with Crippen LogP contribution in [0.15, 0.2) is 46.9 Å². The summed E-state index contributed by atoms with van der Waals surface area (Å²) in [6.45, 7) is 3.84. The van der Waals surface area contributed by atoms with Crippen molar-refractivity contribution in [2.45, 2.75) is 13.8 Å². The third kappa shape index (κ3) is 2.23. The van der Waals surface area contributed by atoms with Crippen molar-refractivity contribution in [1.29, 1.82) is 5.26 Å². The Kier molecular flexibility index (Phi) is 3.40. The van der Waals surface area contributed by atoms with E-state index in [1.165, 1.54) is 0 Å². The van der Waals surface area contributed by atoms with Gasteiger partial charge < -0.3 is 4.42 Å². The van der Waals surface area contributed by atoms with Crippen LogP contribution in [0.5, 0.6) is 0 Å². The first-order chi connectivity index (χ1) is 10.6. The van der Waals surface area contributed by atoms with E-state index in [4.69, 9.17) is 10.2 Å². The molecule has 3 aromatic rings. The van der Waals surface area contributed by atoms with Crippen molar-refractivity contribution in [3.63, 3.8) is 0 Å². The van der Waals surface area contributed by atoms with E-state index in [2.05, 4.69) is 11.1 Å². The molecule has 0 atom stereocenters. The van der Waals surface area contributed by atoms with E-state index in [0.717, 1.165) is 28.1 Å². The van der Waals surface area contributed by atoms with Gasteiger partial charge in [-0.15, -0.1) is 0 Å². The highest BCUT2D eigenvalue weighted by Gasteiger charge is 2.23. The largest absolute Gasteiger partial charge is 0.461 e. The summed E-state index contributed by atoms with van der Waals surface area (Å²) in [4.78, 5) is 3.14. The molecule has 2 heterocycles. The molecule has 22 heavy (non-hydrogen) atoms. The normalized spacial score (nSPS) is 10.4. The Morgan fingerprint density at radius 2 is 1.82 bits per heavy atom. The molecule has 2 aromatic heterocycles. The van der Waals surface area contributed by atoms with Crippen molar-refractivity contribution >= 4 is 5.82 Å². The van der Waals surface area contributed by atoms with Crippen LogP contribution in [-0.4, -0.2) is 0 Å². The number of pyridine rings is 1. The van der Waals surface area contributed by atoms with Gasteiger partial charge in [0.1, 0.15) is 23.3 Å². The van der Waals surface area contributed by atoms with Crippen molar-refractivity contribution in [3.05, 3.63) is 59.4 Å². The Hall–Kier alpha value is -3.06. The van der Waals surface area contributed by atoms with Crippen molar-refractivity contribution < 1.29 is 9.40 Å². The number of furan rings is 1. The quantitative estimate of drug-likeness (QED) is 0.784. The number of nitriles is 1. The minimum atomic E-state index is 0.344. The number of aryl methyl sites for hydroxylation is 1. The van der Waals surface area contributed by atoms with Crippen LogP contribution in [0, 0.1) is 25.2 Å². The molecule has 0 fully saturated rings. The monoisotopic (exact) mass is 290 g/mol. The number of nitrogens with zero attached hydrogens (tertiary/aromatic N) is 1. The van der Waals surface area contributed by atoms with Crippen LogP contribution in [0.25, 0.3) is 22.6 Å². The van der Waals surface area contributed by atoms with Gasteiger partial charge in [0.25, 0.3) is 5.82 Å². The molecule has 3 N–H and O–H groups in total. The molecular formula is C18H16N3O+. The number of aromatic nitrogens is 1. The van der Waals surface area contributed by atoms with Crippen LogP contribution in [0.2, 0.25) is 0 Å². The van der Waals surface area contributed by atoms with Gasteiger partial charge in [0, 0.05) is 11.1 Å². The number of nitrogens with two attached hydrogens (primary N) is 1. The fraction of sp³-hybridized carbons (Fsp3) is 0.111. The van der Waals surface area contributed by atoms with Gasteiger partial charge in [-0.05, 0) is 26.0 Å². The highest BCUT2D eigenvalue weighted by molar-refractivity contribution is 5.79. The fourth-order valence-corrected chi connectivity index (χ4v) is 2.62. The molecule has 0 amide bonds. The van der Waals surface area contributed by atoms with Crippen molar-refractivity contribution in [2.24, 2.45) is 0 Å². The number of H-pyrrole nitrogens is 1. The highest BCUT2D eigenvalue weighted by atomic mass is 16.3. The van der Waals surface area contributed by atoms with Gasteiger partial charge in [0.15, 0.2) is 5.56 Å². The lowest BCUT2D eigenvalue weighted by Crippen LogP contribution is -2.18. The summed E-state index contributed by atoms with van der Waals surface area (Å²) < 4.78 is 5.72. The number of nitrogens with one attached hydrogen (secondary N) is 1. The topological polar surface area (TPSA) is 77.1 Å². The van der Waals surface area contributed by atoms with E-state index in [9.17, 15) is 5.26 Å². The molecule has 4 nitrogen and oxygen atoms in total. The first kappa shape index (κ1) is 13.9. The number of hydrogen-bond acceptors (Lipinski definition) is 3. The molecule has 0 aliphatic rings. The summed E-state index contributed by atoms with van der Waals surface area (Å²) in [5.41, 5.74) is 10.1. The Morgan fingerprint density at radius 1 is 1.09 bits per heavy atom. The van der Waals surface area contributed by atoms with Crippen molar-refractivity contribution in [1.82, 2.24) is 0 Å². The first-order valence-electron chi connectivity index (χ1n) is 6.99. The minimum Gasteiger partial charge on any atom is -0.461 e. The molecule has 0 aliphatic heterocycles. The molecule has 4 heteroatoms. The molecule has 108 valence electrons. The molecule has 0 saturated heterocycles. The minimum absolute atomic E-state index is 0.344. The summed E-state index contributed by atoms with van der Waals surface area (Å²) in [6.07, 6.45) is 0. The molecule has 0 bridgehead atoms. The molecule has 0 unspecified atom stereocenters. The standard InChI is InChI=1S/C18H15N3O/c1-11-8-9-15(22-11)16-12(2)17(13-6-4-3-5-7-13)21-18(20)14(16)10-19/h3-9H,1-2H3,(H2,20,21)/p+1. The SMILES string of the molecule is Cc1ccc(-c2c(C)c(-c3ccccc3)[nH+]c(N)c2C#N)o1. The lowest BCUT2D eigenvalue weighted by atomic mass is 9.96. The Labute approximate surface area is 128 Å². The fourth-order valence-electron chi connectivity index (χ4n) is 2.62. The van der Waals surface area contributed by atoms with Crippen LogP contribution in [0.3, 0.4) is 0 Å². The lowest BCUT2D eigenvalue weighted by Gasteiger charge is -2.10. The van der Waals surface area contributed by atoms with Gasteiger partial charge in [-0.2, -0.15) is 5.26 Å². The molecule has 1 aromatic carbocycles. The van der Waals surface area contributed by atoms with Crippen molar-refractivity contribution in [2.75, 3.05) is 5.73 Å². The first-order valence-corrected chi connectivity index (χ1v) is 6.99. The van der Waals surface area contributed by atoms with Gasteiger partial charge in [-0.25, -0.2) is 4.98 Å². The van der Waals surface area contributed by atoms with Gasteiger partial charge in [0.2, 0.25) is 0 Å². The number of hydrogen-bond donors (Lipinski definition) is 1. The molecule has 0 spiro atoms. The number of nitrogen functional groups attached to an aromatic ring is 1. The maximum Gasteiger partial charge on any atom is 0.289 e. The highest BCUT2D eigenvalue weighted by Crippen LogP contribution is 2.34. The Bertz CT molecular complexity index is 873. The molecule has 0 saturated carbocycles. The zero-order valence-corrected chi connectivity index (χ0v) is 12.5. The summed E-state index contributed by atoms with van der Waals surface area (Å²) in [7, 11) is 0. The van der Waals surface area contributed by atoms with Crippen LogP contribution < -0.4 is 10.7 Å². The van der Waals surface area contributed by atoms with E-state index in [1.54, 1.807) is 0 Å². The average Bonchev–Trinajstić information content (AvgIpc) is 2.95. The van der Waals surface area contributed by atoms with E-state index < -0.39 is 0 Å². The van der Waals surface area contributed by atoms with Crippen LogP contribution in [0.1, 0.15) is 16.9 Å². The average molecular weight is 290 g/mol. The van der Waals surface area contributed by atoms with Crippen molar-refractivity contribution in [3.8, 4) is 28.7 Å². The van der Waals surface area contributed by atoms with Crippen LogP contribution in [0.4, 0.5) is 5.82 Å². The van der Waals surface area contributed by atoms with Crippen LogP contribution in [-0.2, 0) is 0 Å². The zero-order chi connectivity index (χ0) is 15.7. The number of benzene rings is 1. The van der Waals surface area contributed by atoms with Crippen LogP contribution >= 0.6 is 0 Å². The molecular weight excluding hydrogens is 274 g/mol. The van der Waals surface area contributed by atoms with Gasteiger partial charge >= 0.3 is 0 Å². The van der Waals surface area contributed by atoms with E-state index in [1.807, 2.05) is 56.3 Å². The number of anilines is 1. The zero-order valence-electron chi connectivity index (χ0n) is 12.5. The molecule has 0 aliphatic carbocycles. The predicted molar refractivity (Wildman–Crippen MR) is 84.7 cm³/mol. The van der Waals surface area contributed by atoms with E-state index >= 15 is 0 Å². The Morgan fingerprint density at radius 3 is 2.41 bits per heavy atom. The summed E-state index contributed by atoms with van der Waals surface area (Å²) in [6, 6.07) is 15.8. The number of rotatable bonds is 2. The maximum absolute atomic E-state index is 9.46. The third-order valence-electron chi connectivity index (χ3n) is 3.69.